The van der Waals surface area contributed by atoms with E-state index in [9.17, 15) is 4.39 Å². The van der Waals surface area contributed by atoms with Gasteiger partial charge in [0.2, 0.25) is 0 Å². The van der Waals surface area contributed by atoms with Crippen LogP contribution in [0.15, 0.2) is 36.8 Å². The van der Waals surface area contributed by atoms with Crippen LogP contribution in [0.4, 0.5) is 4.39 Å². The van der Waals surface area contributed by atoms with E-state index in [1.54, 1.807) is 13.1 Å². The highest BCUT2D eigenvalue weighted by Gasteiger charge is 2.21. The molecule has 0 bridgehead atoms. The van der Waals surface area contributed by atoms with Gasteiger partial charge in [0.15, 0.2) is 0 Å². The maximum atomic E-state index is 13.9. The Morgan fingerprint density at radius 2 is 1.97 bits per heavy atom. The molecule has 1 fully saturated rings. The fourth-order valence-corrected chi connectivity index (χ4v) is 4.27. The van der Waals surface area contributed by atoms with Crippen molar-refractivity contribution in [3.63, 3.8) is 0 Å². The van der Waals surface area contributed by atoms with Crippen LogP contribution in [0.2, 0.25) is 10.0 Å². The topological polar surface area (TPSA) is 49.2 Å². The minimum absolute atomic E-state index is 0.0329. The molecular weight excluding hydrogens is 428 g/mol. The number of halogens is 3. The third kappa shape index (κ3) is 4.31. The quantitative estimate of drug-likeness (QED) is 0.435. The minimum Gasteiger partial charge on any atom is -0.484 e. The van der Waals surface area contributed by atoms with Gasteiger partial charge in [-0.3, -0.25) is 9.67 Å². The number of hydrogen-bond donors (Lipinski definition) is 0. The molecule has 3 heterocycles. The second-order valence-corrected chi connectivity index (χ2v) is 8.16. The van der Waals surface area contributed by atoms with Crippen molar-refractivity contribution in [1.82, 2.24) is 14.8 Å². The first-order valence-electron chi connectivity index (χ1n) is 9.83. The van der Waals surface area contributed by atoms with E-state index in [0.717, 1.165) is 37.2 Å². The van der Waals surface area contributed by atoms with Gasteiger partial charge in [-0.1, -0.05) is 23.2 Å². The molecule has 1 saturated heterocycles. The average Bonchev–Trinajstić information content (AvgIpc) is 3.24. The van der Waals surface area contributed by atoms with Crippen LogP contribution in [0.1, 0.15) is 43.2 Å². The van der Waals surface area contributed by atoms with Crippen molar-refractivity contribution in [2.75, 3.05) is 13.2 Å². The Bertz CT molecular complexity index is 1050. The van der Waals surface area contributed by atoms with Gasteiger partial charge in [-0.15, -0.1) is 0 Å². The molecule has 0 spiro atoms. The van der Waals surface area contributed by atoms with Gasteiger partial charge < -0.3 is 9.47 Å². The standard InChI is InChI=1S/C22H22Cl2FN3O2/c1-13-20(30-14(2)21-18(23)3-4-19(25)22(21)24)9-15(10-26-13)16-11-27-28(12-16)17-5-7-29-8-6-17/h3-4,9-12,14,17H,5-8H2,1-2H3/t14-/m1/s1. The molecule has 5 nitrogen and oxygen atoms in total. The summed E-state index contributed by atoms with van der Waals surface area (Å²) < 4.78 is 27.4. The first kappa shape index (κ1) is 21.1. The van der Waals surface area contributed by atoms with Gasteiger partial charge in [-0.2, -0.15) is 5.10 Å². The van der Waals surface area contributed by atoms with Crippen molar-refractivity contribution in [2.45, 2.75) is 38.8 Å². The van der Waals surface area contributed by atoms with Crippen molar-refractivity contribution >= 4 is 23.2 Å². The first-order chi connectivity index (χ1) is 14.4. The predicted molar refractivity (Wildman–Crippen MR) is 115 cm³/mol. The zero-order valence-electron chi connectivity index (χ0n) is 16.7. The SMILES string of the molecule is Cc1ncc(-c2cnn(C3CCOCC3)c2)cc1O[C@H](C)c1c(Cl)ccc(F)c1Cl. The number of benzene rings is 1. The van der Waals surface area contributed by atoms with Gasteiger partial charge in [-0.25, -0.2) is 4.39 Å². The van der Waals surface area contributed by atoms with Crippen LogP contribution < -0.4 is 4.74 Å². The zero-order chi connectivity index (χ0) is 21.3. The number of aromatic nitrogens is 3. The lowest BCUT2D eigenvalue weighted by molar-refractivity contribution is 0.0662. The molecule has 1 atom stereocenters. The number of ether oxygens (including phenoxy) is 2. The monoisotopic (exact) mass is 449 g/mol. The molecule has 4 rings (SSSR count). The molecule has 1 aromatic carbocycles. The van der Waals surface area contributed by atoms with E-state index in [1.165, 1.54) is 12.1 Å². The number of hydrogen-bond acceptors (Lipinski definition) is 4. The average molecular weight is 450 g/mol. The molecule has 0 amide bonds. The van der Waals surface area contributed by atoms with Crippen LogP contribution in [-0.2, 0) is 4.74 Å². The number of aryl methyl sites for hydroxylation is 1. The summed E-state index contributed by atoms with van der Waals surface area (Å²) in [6.45, 7) is 5.15. The molecule has 2 aromatic heterocycles. The Labute approximate surface area is 184 Å². The summed E-state index contributed by atoms with van der Waals surface area (Å²) >= 11 is 12.4. The van der Waals surface area contributed by atoms with E-state index in [-0.39, 0.29) is 5.02 Å². The molecule has 0 aliphatic carbocycles. The molecule has 1 aliphatic heterocycles. The van der Waals surface area contributed by atoms with Gasteiger partial charge in [0.05, 0.1) is 23.0 Å². The van der Waals surface area contributed by atoms with Gasteiger partial charge in [-0.05, 0) is 44.9 Å². The van der Waals surface area contributed by atoms with Gasteiger partial charge >= 0.3 is 0 Å². The molecule has 30 heavy (non-hydrogen) atoms. The number of pyridine rings is 1. The summed E-state index contributed by atoms with van der Waals surface area (Å²) in [6, 6.07) is 4.97. The van der Waals surface area contributed by atoms with E-state index >= 15 is 0 Å². The van der Waals surface area contributed by atoms with Crippen molar-refractivity contribution in [1.29, 1.82) is 0 Å². The third-order valence-corrected chi connectivity index (χ3v) is 6.04. The van der Waals surface area contributed by atoms with E-state index < -0.39 is 11.9 Å². The van der Waals surface area contributed by atoms with Crippen LogP contribution in [0.5, 0.6) is 5.75 Å². The van der Waals surface area contributed by atoms with Crippen LogP contribution in [0.3, 0.4) is 0 Å². The molecular formula is C22H22Cl2FN3O2. The maximum absolute atomic E-state index is 13.9. The Kier molecular flexibility index (Phi) is 6.27. The Morgan fingerprint density at radius 3 is 2.73 bits per heavy atom. The van der Waals surface area contributed by atoms with Crippen LogP contribution in [0.25, 0.3) is 11.1 Å². The molecule has 8 heteroatoms. The molecule has 0 saturated carbocycles. The molecule has 0 N–H and O–H groups in total. The van der Waals surface area contributed by atoms with Crippen molar-refractivity contribution in [3.05, 3.63) is 63.9 Å². The van der Waals surface area contributed by atoms with Crippen molar-refractivity contribution in [2.24, 2.45) is 0 Å². The lowest BCUT2D eigenvalue weighted by Crippen LogP contribution is -2.19. The largest absolute Gasteiger partial charge is 0.484 e. The minimum atomic E-state index is -0.554. The molecule has 3 aromatic rings. The Balaban J connectivity index is 1.58. The summed E-state index contributed by atoms with van der Waals surface area (Å²) in [7, 11) is 0. The Hall–Kier alpha value is -2.15. The lowest BCUT2D eigenvalue weighted by Gasteiger charge is -2.22. The fourth-order valence-electron chi connectivity index (χ4n) is 3.59. The van der Waals surface area contributed by atoms with E-state index in [4.69, 9.17) is 32.7 Å². The molecule has 0 radical (unpaired) electrons. The normalized spacial score (nSPS) is 15.9. The fraction of sp³-hybridized carbons (Fsp3) is 0.364. The van der Waals surface area contributed by atoms with Crippen LogP contribution in [-0.4, -0.2) is 28.0 Å². The first-order valence-corrected chi connectivity index (χ1v) is 10.6. The van der Waals surface area contributed by atoms with Gasteiger partial charge in [0, 0.05) is 47.3 Å². The summed E-state index contributed by atoms with van der Waals surface area (Å²) in [4.78, 5) is 4.46. The van der Waals surface area contributed by atoms with Gasteiger partial charge in [0.1, 0.15) is 17.7 Å². The van der Waals surface area contributed by atoms with E-state index in [0.29, 0.717) is 28.1 Å². The highest BCUT2D eigenvalue weighted by atomic mass is 35.5. The Morgan fingerprint density at radius 1 is 1.20 bits per heavy atom. The summed E-state index contributed by atoms with van der Waals surface area (Å²) in [5, 5.41) is 4.85. The molecule has 1 aliphatic rings. The van der Waals surface area contributed by atoms with Crippen LogP contribution >= 0.6 is 23.2 Å². The number of nitrogens with zero attached hydrogens (tertiary/aromatic N) is 3. The summed E-state index contributed by atoms with van der Waals surface area (Å²) in [5.74, 6) is 0.0471. The highest BCUT2D eigenvalue weighted by molar-refractivity contribution is 6.36. The zero-order valence-corrected chi connectivity index (χ0v) is 18.3. The number of rotatable bonds is 5. The van der Waals surface area contributed by atoms with E-state index in [1.807, 2.05) is 30.1 Å². The predicted octanol–water partition coefficient (Wildman–Crippen LogP) is 6.19. The van der Waals surface area contributed by atoms with Gasteiger partial charge in [0.25, 0.3) is 0 Å². The van der Waals surface area contributed by atoms with Crippen LogP contribution in [0, 0.1) is 12.7 Å². The molecule has 158 valence electrons. The lowest BCUT2D eigenvalue weighted by atomic mass is 10.1. The van der Waals surface area contributed by atoms with Crippen molar-refractivity contribution < 1.29 is 13.9 Å². The second-order valence-electron chi connectivity index (χ2n) is 7.38. The third-order valence-electron chi connectivity index (χ3n) is 5.33. The highest BCUT2D eigenvalue weighted by Crippen LogP contribution is 2.36. The smallest absolute Gasteiger partial charge is 0.142 e. The molecule has 0 unspecified atom stereocenters. The summed E-state index contributed by atoms with van der Waals surface area (Å²) in [6.07, 6.45) is 7.00. The van der Waals surface area contributed by atoms with E-state index in [2.05, 4.69) is 10.1 Å². The summed E-state index contributed by atoms with van der Waals surface area (Å²) in [5.41, 5.74) is 2.97. The second kappa shape index (κ2) is 8.92. The van der Waals surface area contributed by atoms with Crippen molar-refractivity contribution in [3.8, 4) is 16.9 Å². The maximum Gasteiger partial charge on any atom is 0.142 e.